The zero-order valence-corrected chi connectivity index (χ0v) is 13.4. The highest BCUT2D eigenvalue weighted by Crippen LogP contribution is 2.28. The fourth-order valence-corrected chi connectivity index (χ4v) is 3.71. The van der Waals surface area contributed by atoms with E-state index in [4.69, 9.17) is 0 Å². The first-order valence-corrected chi connectivity index (χ1v) is 8.00. The number of benzene rings is 1. The third-order valence-corrected chi connectivity index (χ3v) is 4.93. The van der Waals surface area contributed by atoms with Gasteiger partial charge in [-0.05, 0) is 70.5 Å². The molecule has 1 aromatic carbocycles. The molecule has 19 heavy (non-hydrogen) atoms. The average Bonchev–Trinajstić information content (AvgIpc) is 2.88. The van der Waals surface area contributed by atoms with Crippen LogP contribution in [-0.2, 0) is 12.8 Å². The molecule has 1 N–H and O–H groups in total. The van der Waals surface area contributed by atoms with Crippen LogP contribution in [0.4, 0.5) is 4.39 Å². The molecule has 0 saturated heterocycles. The number of nitrogens with one attached hydrogen (secondary N) is 1. The first-order chi connectivity index (χ1) is 9.15. The van der Waals surface area contributed by atoms with Gasteiger partial charge in [0.2, 0.25) is 0 Å². The standard InChI is InChI=1S/C15H17BrFNS/c1-3-11-6-7-19-15(11)14(18-2)9-10-4-5-13(17)12(16)8-10/h4-8,14,18H,3,9H2,1-2H3. The lowest BCUT2D eigenvalue weighted by molar-refractivity contribution is 0.592. The molecular formula is C15H17BrFNS. The predicted octanol–water partition coefficient (Wildman–Crippen LogP) is 4.72. The Labute approximate surface area is 126 Å². The molecule has 102 valence electrons. The number of halogens is 2. The minimum absolute atomic E-state index is 0.213. The summed E-state index contributed by atoms with van der Waals surface area (Å²) in [5, 5.41) is 5.50. The number of aryl methyl sites for hydroxylation is 1. The molecule has 0 aliphatic heterocycles. The van der Waals surface area contributed by atoms with Gasteiger partial charge in [0, 0.05) is 10.9 Å². The van der Waals surface area contributed by atoms with Gasteiger partial charge in [-0.1, -0.05) is 13.0 Å². The molecule has 0 spiro atoms. The molecule has 0 saturated carbocycles. The van der Waals surface area contributed by atoms with Gasteiger partial charge in [0.05, 0.1) is 4.47 Å². The van der Waals surface area contributed by atoms with Crippen molar-refractivity contribution in [2.24, 2.45) is 0 Å². The molecule has 0 bridgehead atoms. The van der Waals surface area contributed by atoms with Gasteiger partial charge in [-0.15, -0.1) is 11.3 Å². The Balaban J connectivity index is 2.21. The molecule has 4 heteroatoms. The van der Waals surface area contributed by atoms with E-state index in [9.17, 15) is 4.39 Å². The summed E-state index contributed by atoms with van der Waals surface area (Å²) in [6, 6.07) is 7.70. The highest BCUT2D eigenvalue weighted by molar-refractivity contribution is 9.10. The molecule has 1 atom stereocenters. The van der Waals surface area contributed by atoms with Crippen molar-refractivity contribution in [2.45, 2.75) is 25.8 Å². The summed E-state index contributed by atoms with van der Waals surface area (Å²) < 4.78 is 13.8. The van der Waals surface area contributed by atoms with Crippen molar-refractivity contribution in [1.29, 1.82) is 0 Å². The van der Waals surface area contributed by atoms with Crippen LogP contribution in [0.3, 0.4) is 0 Å². The quantitative estimate of drug-likeness (QED) is 0.829. The summed E-state index contributed by atoms with van der Waals surface area (Å²) in [4.78, 5) is 1.38. The van der Waals surface area contributed by atoms with Crippen molar-refractivity contribution < 1.29 is 4.39 Å². The Bertz CT molecular complexity index is 553. The van der Waals surface area contributed by atoms with Crippen LogP contribution in [0.25, 0.3) is 0 Å². The van der Waals surface area contributed by atoms with Crippen LogP contribution < -0.4 is 5.32 Å². The van der Waals surface area contributed by atoms with E-state index in [0.29, 0.717) is 4.47 Å². The van der Waals surface area contributed by atoms with E-state index in [1.165, 1.54) is 16.5 Å². The fraction of sp³-hybridized carbons (Fsp3) is 0.333. The van der Waals surface area contributed by atoms with Gasteiger partial charge < -0.3 is 5.32 Å². The maximum Gasteiger partial charge on any atom is 0.137 e. The molecule has 2 rings (SSSR count). The van der Waals surface area contributed by atoms with Crippen molar-refractivity contribution in [1.82, 2.24) is 5.32 Å². The summed E-state index contributed by atoms with van der Waals surface area (Å²) in [6.07, 6.45) is 1.91. The van der Waals surface area contributed by atoms with Crippen molar-refractivity contribution in [3.63, 3.8) is 0 Å². The van der Waals surface area contributed by atoms with Crippen molar-refractivity contribution in [3.05, 3.63) is 55.9 Å². The third kappa shape index (κ3) is 3.44. The van der Waals surface area contributed by atoms with Gasteiger partial charge in [0.25, 0.3) is 0 Å². The maximum absolute atomic E-state index is 13.2. The lowest BCUT2D eigenvalue weighted by Gasteiger charge is -2.17. The Kier molecular flexibility index (Phi) is 5.13. The normalized spacial score (nSPS) is 12.6. The Morgan fingerprint density at radius 3 is 2.79 bits per heavy atom. The summed E-state index contributed by atoms with van der Waals surface area (Å²) in [5.41, 5.74) is 2.52. The summed E-state index contributed by atoms with van der Waals surface area (Å²) in [6.45, 7) is 2.17. The fourth-order valence-electron chi connectivity index (χ4n) is 2.17. The van der Waals surface area contributed by atoms with E-state index in [0.717, 1.165) is 18.4 Å². The molecule has 0 radical (unpaired) electrons. The van der Waals surface area contributed by atoms with Crippen LogP contribution in [0, 0.1) is 5.82 Å². The monoisotopic (exact) mass is 341 g/mol. The van der Waals surface area contributed by atoms with Crippen molar-refractivity contribution in [3.8, 4) is 0 Å². The largest absolute Gasteiger partial charge is 0.312 e. The first kappa shape index (κ1) is 14.7. The highest BCUT2D eigenvalue weighted by Gasteiger charge is 2.15. The lowest BCUT2D eigenvalue weighted by atomic mass is 10.0. The smallest absolute Gasteiger partial charge is 0.137 e. The van der Waals surface area contributed by atoms with E-state index in [1.807, 2.05) is 19.2 Å². The molecule has 0 aliphatic rings. The van der Waals surface area contributed by atoms with E-state index in [1.54, 1.807) is 11.3 Å². The zero-order valence-electron chi connectivity index (χ0n) is 11.0. The van der Waals surface area contributed by atoms with Gasteiger partial charge in [-0.3, -0.25) is 0 Å². The van der Waals surface area contributed by atoms with E-state index in [-0.39, 0.29) is 11.9 Å². The molecule has 0 aliphatic carbocycles. The SMILES string of the molecule is CCc1ccsc1C(Cc1ccc(F)c(Br)c1)NC. The second-order valence-electron chi connectivity index (χ2n) is 4.46. The maximum atomic E-state index is 13.2. The van der Waals surface area contributed by atoms with Gasteiger partial charge >= 0.3 is 0 Å². The van der Waals surface area contributed by atoms with Crippen LogP contribution in [-0.4, -0.2) is 7.05 Å². The molecule has 0 amide bonds. The number of rotatable bonds is 5. The van der Waals surface area contributed by atoms with Crippen LogP contribution in [0.2, 0.25) is 0 Å². The van der Waals surface area contributed by atoms with E-state index >= 15 is 0 Å². The molecular weight excluding hydrogens is 325 g/mol. The minimum Gasteiger partial charge on any atom is -0.312 e. The Morgan fingerprint density at radius 1 is 1.37 bits per heavy atom. The number of hydrogen-bond donors (Lipinski definition) is 1. The minimum atomic E-state index is -0.213. The van der Waals surface area contributed by atoms with Crippen molar-refractivity contribution in [2.75, 3.05) is 7.05 Å². The summed E-state index contributed by atoms with van der Waals surface area (Å²) >= 11 is 5.03. The van der Waals surface area contributed by atoms with Crippen LogP contribution in [0.1, 0.15) is 29.0 Å². The van der Waals surface area contributed by atoms with Gasteiger partial charge in [0.15, 0.2) is 0 Å². The summed E-state index contributed by atoms with van der Waals surface area (Å²) in [5.74, 6) is -0.213. The third-order valence-electron chi connectivity index (χ3n) is 3.25. The first-order valence-electron chi connectivity index (χ1n) is 6.33. The van der Waals surface area contributed by atoms with Crippen molar-refractivity contribution >= 4 is 27.3 Å². The molecule has 1 nitrogen and oxygen atoms in total. The number of hydrogen-bond acceptors (Lipinski definition) is 2. The molecule has 1 heterocycles. The van der Waals surface area contributed by atoms with Crippen LogP contribution in [0.15, 0.2) is 34.1 Å². The van der Waals surface area contributed by atoms with E-state index in [2.05, 4.69) is 39.6 Å². The average molecular weight is 342 g/mol. The molecule has 2 aromatic rings. The molecule has 1 aromatic heterocycles. The van der Waals surface area contributed by atoms with Gasteiger partial charge in [-0.25, -0.2) is 4.39 Å². The molecule has 1 unspecified atom stereocenters. The number of thiophene rings is 1. The highest BCUT2D eigenvalue weighted by atomic mass is 79.9. The Morgan fingerprint density at radius 2 is 2.16 bits per heavy atom. The number of likely N-dealkylation sites (N-methyl/N-ethyl adjacent to an activating group) is 1. The second-order valence-corrected chi connectivity index (χ2v) is 6.26. The zero-order chi connectivity index (χ0) is 13.8. The predicted molar refractivity (Wildman–Crippen MR) is 83.3 cm³/mol. The van der Waals surface area contributed by atoms with Crippen LogP contribution in [0.5, 0.6) is 0 Å². The van der Waals surface area contributed by atoms with Gasteiger partial charge in [-0.2, -0.15) is 0 Å². The van der Waals surface area contributed by atoms with E-state index < -0.39 is 0 Å². The van der Waals surface area contributed by atoms with Crippen LogP contribution >= 0.6 is 27.3 Å². The summed E-state index contributed by atoms with van der Waals surface area (Å²) in [7, 11) is 1.97. The van der Waals surface area contributed by atoms with Gasteiger partial charge in [0.1, 0.15) is 5.82 Å². The second kappa shape index (κ2) is 6.64. The molecule has 0 fully saturated rings. The Hall–Kier alpha value is -0.710. The lowest BCUT2D eigenvalue weighted by Crippen LogP contribution is -2.18. The topological polar surface area (TPSA) is 12.0 Å².